The average molecular weight is 441 g/mol. The minimum atomic E-state index is -0.246. The second kappa shape index (κ2) is 8.42. The molecule has 0 saturated heterocycles. The van der Waals surface area contributed by atoms with Gasteiger partial charge in [-0.3, -0.25) is 4.79 Å². The standard InChI is InChI=1S/C24H18Cl2O4/c1-14-3-4-15(2)21(9-14)30-23-13-29-22-11-18(7-8-19(22)24(23)27)28-12-16-5-6-17(25)10-20(16)26/h3-11,13H,12H2,1-2H3. The van der Waals surface area contributed by atoms with Crippen molar-refractivity contribution < 1.29 is 13.9 Å². The highest BCUT2D eigenvalue weighted by molar-refractivity contribution is 6.35. The van der Waals surface area contributed by atoms with E-state index < -0.39 is 0 Å². The molecule has 0 amide bonds. The van der Waals surface area contributed by atoms with Crippen molar-refractivity contribution in [2.75, 3.05) is 0 Å². The molecule has 0 bridgehead atoms. The first-order valence-electron chi connectivity index (χ1n) is 9.28. The summed E-state index contributed by atoms with van der Waals surface area (Å²) in [6, 6.07) is 16.1. The third kappa shape index (κ3) is 4.30. The highest BCUT2D eigenvalue weighted by atomic mass is 35.5. The first-order valence-corrected chi connectivity index (χ1v) is 10.0. The molecule has 0 aliphatic carbocycles. The predicted molar refractivity (Wildman–Crippen MR) is 119 cm³/mol. The van der Waals surface area contributed by atoms with Crippen molar-refractivity contribution in [2.45, 2.75) is 20.5 Å². The number of benzene rings is 3. The Kier molecular flexibility index (Phi) is 5.71. The van der Waals surface area contributed by atoms with E-state index in [0.717, 1.165) is 16.7 Å². The first-order chi connectivity index (χ1) is 14.4. The van der Waals surface area contributed by atoms with Gasteiger partial charge in [0.1, 0.15) is 30.0 Å². The Bertz CT molecular complexity index is 1290. The van der Waals surface area contributed by atoms with E-state index in [4.69, 9.17) is 37.1 Å². The van der Waals surface area contributed by atoms with Gasteiger partial charge in [0.15, 0.2) is 0 Å². The van der Waals surface area contributed by atoms with E-state index in [1.54, 1.807) is 30.3 Å². The maximum atomic E-state index is 12.8. The summed E-state index contributed by atoms with van der Waals surface area (Å²) in [4.78, 5) is 12.8. The number of rotatable bonds is 5. The highest BCUT2D eigenvalue weighted by Gasteiger charge is 2.12. The van der Waals surface area contributed by atoms with E-state index in [-0.39, 0.29) is 17.8 Å². The maximum Gasteiger partial charge on any atom is 0.235 e. The van der Waals surface area contributed by atoms with Crippen molar-refractivity contribution in [2.24, 2.45) is 0 Å². The van der Waals surface area contributed by atoms with Crippen molar-refractivity contribution in [1.82, 2.24) is 0 Å². The van der Waals surface area contributed by atoms with Gasteiger partial charge >= 0.3 is 0 Å². The molecule has 0 atom stereocenters. The fourth-order valence-electron chi connectivity index (χ4n) is 2.99. The summed E-state index contributed by atoms with van der Waals surface area (Å²) in [5, 5.41) is 1.51. The van der Waals surface area contributed by atoms with Gasteiger partial charge in [-0.05, 0) is 55.3 Å². The lowest BCUT2D eigenvalue weighted by molar-refractivity contribution is 0.306. The van der Waals surface area contributed by atoms with Crippen molar-refractivity contribution in [3.8, 4) is 17.2 Å². The van der Waals surface area contributed by atoms with Gasteiger partial charge in [-0.1, -0.05) is 41.4 Å². The molecule has 3 aromatic carbocycles. The van der Waals surface area contributed by atoms with Crippen molar-refractivity contribution in [3.63, 3.8) is 0 Å². The summed E-state index contributed by atoms with van der Waals surface area (Å²) in [5.41, 5.74) is 2.95. The molecule has 0 unspecified atom stereocenters. The fraction of sp³-hybridized carbons (Fsp3) is 0.125. The zero-order valence-electron chi connectivity index (χ0n) is 16.4. The lowest BCUT2D eigenvalue weighted by atomic mass is 10.1. The van der Waals surface area contributed by atoms with Crippen LogP contribution in [0.15, 0.2) is 70.1 Å². The molecular weight excluding hydrogens is 423 g/mol. The van der Waals surface area contributed by atoms with Gasteiger partial charge in [-0.2, -0.15) is 0 Å². The third-order valence-electron chi connectivity index (χ3n) is 4.69. The SMILES string of the molecule is Cc1ccc(C)c(Oc2coc3cc(OCc4ccc(Cl)cc4Cl)ccc3c2=O)c1. The molecule has 0 radical (unpaired) electrons. The summed E-state index contributed by atoms with van der Waals surface area (Å²) in [5.74, 6) is 1.32. The second-order valence-corrected chi connectivity index (χ2v) is 7.83. The zero-order valence-corrected chi connectivity index (χ0v) is 17.9. The normalized spacial score (nSPS) is 10.9. The van der Waals surface area contributed by atoms with Crippen LogP contribution in [0, 0.1) is 13.8 Å². The van der Waals surface area contributed by atoms with E-state index in [2.05, 4.69) is 0 Å². The van der Waals surface area contributed by atoms with Gasteiger partial charge in [-0.25, -0.2) is 0 Å². The Morgan fingerprint density at radius 2 is 1.77 bits per heavy atom. The van der Waals surface area contributed by atoms with E-state index in [0.29, 0.717) is 32.5 Å². The van der Waals surface area contributed by atoms with Crippen LogP contribution in [0.3, 0.4) is 0 Å². The molecule has 152 valence electrons. The summed E-state index contributed by atoms with van der Waals surface area (Å²) >= 11 is 12.1. The molecule has 1 aromatic heterocycles. The largest absolute Gasteiger partial charge is 0.489 e. The topological polar surface area (TPSA) is 48.7 Å². The molecule has 1 heterocycles. The average Bonchev–Trinajstić information content (AvgIpc) is 2.72. The molecule has 0 saturated carbocycles. The Labute approximate surface area is 183 Å². The molecule has 30 heavy (non-hydrogen) atoms. The van der Waals surface area contributed by atoms with E-state index in [9.17, 15) is 4.79 Å². The summed E-state index contributed by atoms with van der Waals surface area (Å²) in [7, 11) is 0. The quantitative estimate of drug-likeness (QED) is 0.332. The second-order valence-electron chi connectivity index (χ2n) is 6.98. The van der Waals surface area contributed by atoms with Gasteiger partial charge in [0, 0.05) is 21.7 Å². The Morgan fingerprint density at radius 3 is 2.57 bits per heavy atom. The Balaban J connectivity index is 1.58. The molecule has 4 rings (SSSR count). The monoisotopic (exact) mass is 440 g/mol. The van der Waals surface area contributed by atoms with Crippen molar-refractivity contribution >= 4 is 34.2 Å². The van der Waals surface area contributed by atoms with Gasteiger partial charge < -0.3 is 13.9 Å². The molecule has 0 N–H and O–H groups in total. The lowest BCUT2D eigenvalue weighted by Crippen LogP contribution is -2.05. The summed E-state index contributed by atoms with van der Waals surface area (Å²) in [6.45, 7) is 4.15. The molecule has 0 aliphatic heterocycles. The van der Waals surface area contributed by atoms with Gasteiger partial charge in [-0.15, -0.1) is 0 Å². The number of halogens is 2. The van der Waals surface area contributed by atoms with Crippen LogP contribution in [-0.2, 0) is 6.61 Å². The van der Waals surface area contributed by atoms with Gasteiger partial charge in [0.25, 0.3) is 0 Å². The number of aryl methyl sites for hydroxylation is 2. The molecular formula is C24H18Cl2O4. The number of hydrogen-bond donors (Lipinski definition) is 0. The van der Waals surface area contributed by atoms with Crippen LogP contribution in [0.5, 0.6) is 17.2 Å². The van der Waals surface area contributed by atoms with Crippen LogP contribution in [-0.4, -0.2) is 0 Å². The molecule has 0 aliphatic rings. The molecule has 6 heteroatoms. The van der Waals surface area contributed by atoms with Crippen LogP contribution >= 0.6 is 23.2 Å². The summed E-state index contributed by atoms with van der Waals surface area (Å²) < 4.78 is 17.3. The van der Waals surface area contributed by atoms with Crippen LogP contribution in [0.25, 0.3) is 11.0 Å². The highest BCUT2D eigenvalue weighted by Crippen LogP contribution is 2.28. The minimum absolute atomic E-state index is 0.137. The van der Waals surface area contributed by atoms with Crippen LogP contribution in [0.1, 0.15) is 16.7 Å². The van der Waals surface area contributed by atoms with Crippen molar-refractivity contribution in [1.29, 1.82) is 0 Å². The Hall–Kier alpha value is -2.95. The number of hydrogen-bond acceptors (Lipinski definition) is 4. The van der Waals surface area contributed by atoms with Gasteiger partial charge in [0.2, 0.25) is 11.2 Å². The van der Waals surface area contributed by atoms with E-state index in [1.807, 2.05) is 38.1 Å². The van der Waals surface area contributed by atoms with Crippen LogP contribution in [0.2, 0.25) is 10.0 Å². The first kappa shape index (κ1) is 20.3. The lowest BCUT2D eigenvalue weighted by Gasteiger charge is -2.10. The molecule has 4 aromatic rings. The summed E-state index contributed by atoms with van der Waals surface area (Å²) in [6.07, 6.45) is 1.33. The Morgan fingerprint density at radius 1 is 0.933 bits per heavy atom. The molecule has 0 spiro atoms. The minimum Gasteiger partial charge on any atom is -0.489 e. The molecule has 0 fully saturated rings. The van der Waals surface area contributed by atoms with Crippen LogP contribution < -0.4 is 14.9 Å². The van der Waals surface area contributed by atoms with Gasteiger partial charge in [0.05, 0.1) is 5.39 Å². The number of fused-ring (bicyclic) bond motifs is 1. The maximum absolute atomic E-state index is 12.8. The van der Waals surface area contributed by atoms with Crippen LogP contribution in [0.4, 0.5) is 0 Å². The third-order valence-corrected chi connectivity index (χ3v) is 5.27. The predicted octanol–water partition coefficient (Wildman–Crippen LogP) is 7.09. The number of ether oxygens (including phenoxy) is 2. The van der Waals surface area contributed by atoms with Crippen molar-refractivity contribution in [3.05, 3.63) is 97.8 Å². The smallest absolute Gasteiger partial charge is 0.235 e. The van der Waals surface area contributed by atoms with E-state index >= 15 is 0 Å². The molecule has 4 nitrogen and oxygen atoms in total. The fourth-order valence-corrected chi connectivity index (χ4v) is 3.45. The zero-order chi connectivity index (χ0) is 21.3. The van der Waals surface area contributed by atoms with E-state index in [1.165, 1.54) is 6.26 Å².